The van der Waals surface area contributed by atoms with Gasteiger partial charge in [-0.25, -0.2) is 4.39 Å². The minimum Gasteiger partial charge on any atom is -0.352 e. The highest BCUT2D eigenvalue weighted by Crippen LogP contribution is 2.16. The molecule has 2 rings (SSSR count). The van der Waals surface area contributed by atoms with Gasteiger partial charge in [0.25, 0.3) is 0 Å². The van der Waals surface area contributed by atoms with Crippen LogP contribution in [0.1, 0.15) is 12.0 Å². The van der Waals surface area contributed by atoms with Gasteiger partial charge in [-0.05, 0) is 24.1 Å². The van der Waals surface area contributed by atoms with E-state index in [1.165, 1.54) is 12.1 Å². The second kappa shape index (κ2) is 5.10. The fourth-order valence-corrected chi connectivity index (χ4v) is 1.89. The van der Waals surface area contributed by atoms with Crippen molar-refractivity contribution in [1.82, 2.24) is 5.32 Å². The third-order valence-electron chi connectivity index (χ3n) is 2.81. The average molecular weight is 234 g/mol. The molecule has 2 unspecified atom stereocenters. The third-order valence-corrected chi connectivity index (χ3v) is 2.81. The molecule has 1 aromatic carbocycles. The van der Waals surface area contributed by atoms with Crippen molar-refractivity contribution >= 4 is 5.91 Å². The van der Waals surface area contributed by atoms with Crippen LogP contribution in [0.3, 0.4) is 0 Å². The first kappa shape index (κ1) is 11.8. The van der Waals surface area contributed by atoms with E-state index < -0.39 is 0 Å². The van der Waals surface area contributed by atoms with Crippen LogP contribution in [0.15, 0.2) is 36.4 Å². The highest BCUT2D eigenvalue weighted by molar-refractivity contribution is 5.81. The molecule has 3 nitrogen and oxygen atoms in total. The molecule has 1 aliphatic rings. The van der Waals surface area contributed by atoms with E-state index in [9.17, 15) is 9.18 Å². The molecular weight excluding hydrogens is 219 g/mol. The smallest absolute Gasteiger partial charge is 0.227 e. The molecule has 0 bridgehead atoms. The Morgan fingerprint density at radius 3 is 2.94 bits per heavy atom. The number of carbonyl (C=O) groups is 1. The van der Waals surface area contributed by atoms with E-state index in [2.05, 4.69) is 5.32 Å². The number of hydrogen-bond donors (Lipinski definition) is 2. The third kappa shape index (κ3) is 3.14. The van der Waals surface area contributed by atoms with Crippen molar-refractivity contribution in [1.29, 1.82) is 0 Å². The summed E-state index contributed by atoms with van der Waals surface area (Å²) in [6.45, 7) is 0.343. The molecule has 0 spiro atoms. The van der Waals surface area contributed by atoms with E-state index >= 15 is 0 Å². The zero-order chi connectivity index (χ0) is 12.3. The summed E-state index contributed by atoms with van der Waals surface area (Å²) in [5.74, 6) is -0.503. The number of benzene rings is 1. The summed E-state index contributed by atoms with van der Waals surface area (Å²) in [5, 5.41) is 2.78. The van der Waals surface area contributed by atoms with Gasteiger partial charge in [-0.2, -0.15) is 0 Å². The van der Waals surface area contributed by atoms with Crippen LogP contribution < -0.4 is 11.1 Å². The quantitative estimate of drug-likeness (QED) is 0.775. The Labute approximate surface area is 99.5 Å². The molecule has 4 heteroatoms. The van der Waals surface area contributed by atoms with Crippen LogP contribution >= 0.6 is 0 Å². The predicted molar refractivity (Wildman–Crippen MR) is 63.5 cm³/mol. The van der Waals surface area contributed by atoms with Crippen molar-refractivity contribution in [2.75, 3.05) is 0 Å². The molecule has 0 saturated heterocycles. The van der Waals surface area contributed by atoms with Crippen molar-refractivity contribution in [2.24, 2.45) is 11.7 Å². The first-order valence-electron chi connectivity index (χ1n) is 5.61. The average Bonchev–Trinajstić information content (AvgIpc) is 2.73. The monoisotopic (exact) mass is 234 g/mol. The Morgan fingerprint density at radius 1 is 1.47 bits per heavy atom. The Hall–Kier alpha value is -1.68. The first-order valence-corrected chi connectivity index (χ1v) is 5.61. The lowest BCUT2D eigenvalue weighted by molar-refractivity contribution is -0.123. The van der Waals surface area contributed by atoms with Crippen molar-refractivity contribution in [3.8, 4) is 0 Å². The molecule has 90 valence electrons. The largest absolute Gasteiger partial charge is 0.352 e. The summed E-state index contributed by atoms with van der Waals surface area (Å²) in [6, 6.07) is 6.17. The lowest BCUT2D eigenvalue weighted by Gasteiger charge is -2.10. The number of nitrogens with one attached hydrogen (secondary N) is 1. The summed E-state index contributed by atoms with van der Waals surface area (Å²) in [5.41, 5.74) is 6.43. The SMILES string of the molecule is NC1C=CC(C(=O)NCc2cccc(F)c2)C1. The van der Waals surface area contributed by atoms with Gasteiger partial charge in [-0.3, -0.25) is 4.79 Å². The fourth-order valence-electron chi connectivity index (χ4n) is 1.89. The van der Waals surface area contributed by atoms with Crippen molar-refractivity contribution < 1.29 is 9.18 Å². The zero-order valence-electron chi connectivity index (χ0n) is 9.40. The maximum atomic E-state index is 12.9. The maximum absolute atomic E-state index is 12.9. The molecule has 1 amide bonds. The van der Waals surface area contributed by atoms with Crippen molar-refractivity contribution in [3.05, 3.63) is 47.8 Å². The molecule has 0 aromatic heterocycles. The van der Waals surface area contributed by atoms with E-state index in [0.29, 0.717) is 13.0 Å². The molecule has 0 heterocycles. The first-order chi connectivity index (χ1) is 8.15. The highest BCUT2D eigenvalue weighted by Gasteiger charge is 2.22. The second-order valence-corrected chi connectivity index (χ2v) is 4.24. The topological polar surface area (TPSA) is 55.1 Å². The van der Waals surface area contributed by atoms with Crippen LogP contribution in [0.4, 0.5) is 4.39 Å². The number of halogens is 1. The lowest BCUT2D eigenvalue weighted by Crippen LogP contribution is -2.30. The van der Waals surface area contributed by atoms with Gasteiger partial charge in [0.2, 0.25) is 5.91 Å². The van der Waals surface area contributed by atoms with E-state index in [4.69, 9.17) is 5.73 Å². The number of nitrogens with two attached hydrogens (primary N) is 1. The number of rotatable bonds is 3. The summed E-state index contributed by atoms with van der Waals surface area (Å²) in [6.07, 6.45) is 4.31. The molecule has 0 radical (unpaired) electrons. The fraction of sp³-hybridized carbons (Fsp3) is 0.308. The Bertz CT molecular complexity index is 445. The van der Waals surface area contributed by atoms with Gasteiger partial charge in [0, 0.05) is 12.6 Å². The number of amides is 1. The van der Waals surface area contributed by atoms with Crippen LogP contribution in [0.5, 0.6) is 0 Å². The standard InChI is InChI=1S/C13H15FN2O/c14-11-3-1-2-9(6-11)8-16-13(17)10-4-5-12(15)7-10/h1-6,10,12H,7-8,15H2,(H,16,17). The van der Waals surface area contributed by atoms with Gasteiger partial charge in [0.15, 0.2) is 0 Å². The number of carbonyl (C=O) groups excluding carboxylic acids is 1. The van der Waals surface area contributed by atoms with Crippen LogP contribution in [-0.2, 0) is 11.3 Å². The maximum Gasteiger partial charge on any atom is 0.227 e. The lowest BCUT2D eigenvalue weighted by atomic mass is 10.1. The van der Waals surface area contributed by atoms with Crippen molar-refractivity contribution in [2.45, 2.75) is 19.0 Å². The van der Waals surface area contributed by atoms with Crippen LogP contribution in [0.25, 0.3) is 0 Å². The highest BCUT2D eigenvalue weighted by atomic mass is 19.1. The molecular formula is C13H15FN2O. The van der Waals surface area contributed by atoms with Gasteiger partial charge < -0.3 is 11.1 Å². The summed E-state index contributed by atoms with van der Waals surface area (Å²) >= 11 is 0. The van der Waals surface area contributed by atoms with Crippen LogP contribution in [-0.4, -0.2) is 11.9 Å². The zero-order valence-corrected chi connectivity index (χ0v) is 9.40. The van der Waals surface area contributed by atoms with Gasteiger partial charge in [0.05, 0.1) is 5.92 Å². The minimum atomic E-state index is -0.292. The van der Waals surface area contributed by atoms with Gasteiger partial charge >= 0.3 is 0 Å². The molecule has 0 saturated carbocycles. The van der Waals surface area contributed by atoms with E-state index in [1.54, 1.807) is 12.1 Å². The summed E-state index contributed by atoms with van der Waals surface area (Å²) in [4.78, 5) is 11.7. The van der Waals surface area contributed by atoms with E-state index in [-0.39, 0.29) is 23.7 Å². The summed E-state index contributed by atoms with van der Waals surface area (Å²) < 4.78 is 12.9. The molecule has 17 heavy (non-hydrogen) atoms. The number of hydrogen-bond acceptors (Lipinski definition) is 2. The summed E-state index contributed by atoms with van der Waals surface area (Å²) in [7, 11) is 0. The molecule has 0 fully saturated rings. The molecule has 0 aliphatic heterocycles. The van der Waals surface area contributed by atoms with Crippen LogP contribution in [0.2, 0.25) is 0 Å². The van der Waals surface area contributed by atoms with E-state index in [0.717, 1.165) is 5.56 Å². The Kier molecular flexibility index (Phi) is 3.54. The van der Waals surface area contributed by atoms with Crippen molar-refractivity contribution in [3.63, 3.8) is 0 Å². The molecule has 3 N–H and O–H groups in total. The van der Waals surface area contributed by atoms with Gasteiger partial charge in [0.1, 0.15) is 5.82 Å². The Morgan fingerprint density at radius 2 is 2.29 bits per heavy atom. The predicted octanol–water partition coefficient (Wildman–Crippen LogP) is 1.35. The van der Waals surface area contributed by atoms with Gasteiger partial charge in [-0.1, -0.05) is 24.3 Å². The molecule has 1 aromatic rings. The Balaban J connectivity index is 1.86. The molecule has 1 aliphatic carbocycles. The normalized spacial score (nSPS) is 22.7. The van der Waals surface area contributed by atoms with Crippen LogP contribution in [0, 0.1) is 11.7 Å². The van der Waals surface area contributed by atoms with E-state index in [1.807, 2.05) is 12.2 Å². The second-order valence-electron chi connectivity index (χ2n) is 4.24. The van der Waals surface area contributed by atoms with Gasteiger partial charge in [-0.15, -0.1) is 0 Å². The minimum absolute atomic E-state index is 0.0279. The molecule has 2 atom stereocenters.